The number of aryl methyl sites for hydroxylation is 1. The highest BCUT2D eigenvalue weighted by Gasteiger charge is 2.34. The molecule has 2 heteroatoms. The van der Waals surface area contributed by atoms with E-state index in [1.807, 2.05) is 0 Å². The van der Waals surface area contributed by atoms with Crippen LogP contribution in [0.4, 0.5) is 0 Å². The molecule has 0 N–H and O–H groups in total. The molecule has 0 fully saturated rings. The molecular weight excluding hydrogens is 258 g/mol. The minimum absolute atomic E-state index is 0.106. The molecule has 2 nitrogen and oxygen atoms in total. The van der Waals surface area contributed by atoms with Gasteiger partial charge in [-0.25, -0.2) is 0 Å². The second kappa shape index (κ2) is 6.37. The molecule has 0 amide bonds. The first-order chi connectivity index (χ1) is 9.85. The van der Waals surface area contributed by atoms with Gasteiger partial charge in [-0.05, 0) is 38.2 Å². The summed E-state index contributed by atoms with van der Waals surface area (Å²) < 4.78 is 2.44. The van der Waals surface area contributed by atoms with Crippen molar-refractivity contribution < 1.29 is 4.79 Å². The topological polar surface area (TPSA) is 22.0 Å². The highest BCUT2D eigenvalue weighted by atomic mass is 16.1. The Morgan fingerprint density at radius 3 is 2.62 bits per heavy atom. The van der Waals surface area contributed by atoms with Gasteiger partial charge in [0, 0.05) is 29.4 Å². The first-order valence-electron chi connectivity index (χ1n) is 8.59. The second-order valence-electron chi connectivity index (χ2n) is 7.66. The number of carbonyl (C=O) groups excluding carboxylic acids is 1. The van der Waals surface area contributed by atoms with Crippen molar-refractivity contribution >= 4 is 5.78 Å². The lowest BCUT2D eigenvalue weighted by atomic mass is 9.76. The molecule has 0 radical (unpaired) electrons. The molecule has 1 aliphatic carbocycles. The molecule has 2 rings (SSSR count). The Hall–Kier alpha value is -1.05. The summed E-state index contributed by atoms with van der Waals surface area (Å²) in [6.07, 6.45) is 8.18. The van der Waals surface area contributed by atoms with Crippen LogP contribution >= 0.6 is 0 Å². The maximum absolute atomic E-state index is 12.4. The highest BCUT2D eigenvalue weighted by molar-refractivity contribution is 5.99. The van der Waals surface area contributed by atoms with E-state index in [1.54, 1.807) is 0 Å². The molecule has 1 aliphatic rings. The number of rotatable bonds is 6. The zero-order valence-corrected chi connectivity index (χ0v) is 14.5. The van der Waals surface area contributed by atoms with Gasteiger partial charge in [-0.1, -0.05) is 46.5 Å². The van der Waals surface area contributed by atoms with Crippen molar-refractivity contribution in [1.29, 1.82) is 0 Å². The van der Waals surface area contributed by atoms with E-state index < -0.39 is 0 Å². The summed E-state index contributed by atoms with van der Waals surface area (Å²) in [5.41, 5.74) is 3.65. The third kappa shape index (κ3) is 3.59. The van der Waals surface area contributed by atoms with Crippen LogP contribution in [0.3, 0.4) is 0 Å². The predicted molar refractivity (Wildman–Crippen MR) is 89.1 cm³/mol. The van der Waals surface area contributed by atoms with Crippen LogP contribution in [0.15, 0.2) is 6.07 Å². The number of hydrogen-bond donors (Lipinski definition) is 0. The van der Waals surface area contributed by atoms with Crippen LogP contribution in [0.25, 0.3) is 0 Å². The number of aromatic nitrogens is 1. The van der Waals surface area contributed by atoms with Crippen molar-refractivity contribution in [3.05, 3.63) is 23.0 Å². The normalized spacial score (nSPS) is 18.6. The van der Waals surface area contributed by atoms with Crippen LogP contribution in [0.5, 0.6) is 0 Å². The van der Waals surface area contributed by atoms with Gasteiger partial charge in [0.1, 0.15) is 0 Å². The molecule has 21 heavy (non-hydrogen) atoms. The van der Waals surface area contributed by atoms with Crippen LogP contribution in [0.2, 0.25) is 0 Å². The summed E-state index contributed by atoms with van der Waals surface area (Å²) in [7, 11) is 0. The number of unbranched alkanes of at least 4 members (excludes halogenated alkanes) is 3. The van der Waals surface area contributed by atoms with Gasteiger partial charge >= 0.3 is 0 Å². The average molecular weight is 289 g/mol. The minimum atomic E-state index is 0.106. The van der Waals surface area contributed by atoms with Crippen molar-refractivity contribution in [2.45, 2.75) is 85.6 Å². The van der Waals surface area contributed by atoms with E-state index in [0.717, 1.165) is 12.0 Å². The first kappa shape index (κ1) is 16.3. The molecular formula is C19H31NO. The van der Waals surface area contributed by atoms with Crippen LogP contribution in [0, 0.1) is 12.3 Å². The fraction of sp³-hybridized carbons (Fsp3) is 0.737. The molecule has 0 bridgehead atoms. The molecule has 0 saturated heterocycles. The number of nitrogens with zero attached hydrogens (tertiary/aromatic N) is 1. The smallest absolute Gasteiger partial charge is 0.165 e. The highest BCUT2D eigenvalue weighted by Crippen LogP contribution is 2.38. The van der Waals surface area contributed by atoms with Gasteiger partial charge < -0.3 is 4.57 Å². The molecule has 1 unspecified atom stereocenters. The third-order valence-corrected chi connectivity index (χ3v) is 4.84. The molecule has 0 saturated carbocycles. The number of Topliss-reactive ketones (excluding diaryl/α,β-unsaturated/α-hetero) is 1. The van der Waals surface area contributed by atoms with Gasteiger partial charge in [0.2, 0.25) is 0 Å². The maximum atomic E-state index is 12.4. The summed E-state index contributed by atoms with van der Waals surface area (Å²) >= 11 is 0. The van der Waals surface area contributed by atoms with E-state index in [2.05, 4.69) is 45.3 Å². The molecule has 0 aromatic carbocycles. The summed E-state index contributed by atoms with van der Waals surface area (Å²) in [6.45, 7) is 11.1. The number of hydrogen-bond acceptors (Lipinski definition) is 1. The fourth-order valence-electron chi connectivity index (χ4n) is 3.78. The SMILES string of the molecule is CCCCCCC(C)n1c(C)cc2c1CC(C)(C)CC2=O. The zero-order chi connectivity index (χ0) is 15.6. The van der Waals surface area contributed by atoms with Crippen molar-refractivity contribution in [3.8, 4) is 0 Å². The Balaban J connectivity index is 2.19. The first-order valence-corrected chi connectivity index (χ1v) is 8.59. The minimum Gasteiger partial charge on any atom is -0.345 e. The summed E-state index contributed by atoms with van der Waals surface area (Å²) in [6, 6.07) is 2.63. The Bertz CT molecular complexity index is 510. The Morgan fingerprint density at radius 2 is 1.95 bits per heavy atom. The van der Waals surface area contributed by atoms with Crippen molar-refractivity contribution in [3.63, 3.8) is 0 Å². The van der Waals surface area contributed by atoms with E-state index in [-0.39, 0.29) is 5.41 Å². The van der Waals surface area contributed by atoms with Crippen LogP contribution < -0.4 is 0 Å². The zero-order valence-electron chi connectivity index (χ0n) is 14.5. The van der Waals surface area contributed by atoms with Gasteiger partial charge in [-0.3, -0.25) is 4.79 Å². The lowest BCUT2D eigenvalue weighted by Crippen LogP contribution is -2.28. The molecule has 1 atom stereocenters. The van der Waals surface area contributed by atoms with Gasteiger partial charge in [-0.15, -0.1) is 0 Å². The number of fused-ring (bicyclic) bond motifs is 1. The maximum Gasteiger partial charge on any atom is 0.165 e. The van der Waals surface area contributed by atoms with Crippen LogP contribution in [-0.2, 0) is 6.42 Å². The van der Waals surface area contributed by atoms with Crippen LogP contribution in [-0.4, -0.2) is 10.4 Å². The Morgan fingerprint density at radius 1 is 1.24 bits per heavy atom. The van der Waals surface area contributed by atoms with Gasteiger partial charge in [0.05, 0.1) is 0 Å². The van der Waals surface area contributed by atoms with Crippen LogP contribution in [0.1, 0.15) is 94.0 Å². The van der Waals surface area contributed by atoms with E-state index in [4.69, 9.17) is 0 Å². The standard InChI is InChI=1S/C19H31NO/c1-6-7-8-9-10-14(2)20-15(3)11-16-17(20)12-19(4,5)13-18(16)21/h11,14H,6-10,12-13H2,1-5H3. The van der Waals surface area contributed by atoms with E-state index >= 15 is 0 Å². The lowest BCUT2D eigenvalue weighted by Gasteiger charge is -2.31. The van der Waals surface area contributed by atoms with E-state index in [0.29, 0.717) is 18.2 Å². The Kier molecular flexibility index (Phi) is 4.95. The lowest BCUT2D eigenvalue weighted by molar-refractivity contribution is 0.0909. The van der Waals surface area contributed by atoms with E-state index in [1.165, 1.54) is 43.5 Å². The predicted octanol–water partition coefficient (Wildman–Crippen LogP) is 5.48. The van der Waals surface area contributed by atoms with Gasteiger partial charge in [0.25, 0.3) is 0 Å². The molecule has 0 aliphatic heterocycles. The molecule has 118 valence electrons. The average Bonchev–Trinajstić information content (AvgIpc) is 2.70. The second-order valence-corrected chi connectivity index (χ2v) is 7.66. The number of ketones is 1. The molecule has 1 aromatic rings. The fourth-order valence-corrected chi connectivity index (χ4v) is 3.78. The van der Waals surface area contributed by atoms with Crippen molar-refractivity contribution in [2.24, 2.45) is 5.41 Å². The quantitative estimate of drug-likeness (QED) is 0.635. The monoisotopic (exact) mass is 289 g/mol. The molecule has 1 aromatic heterocycles. The van der Waals surface area contributed by atoms with E-state index in [9.17, 15) is 4.79 Å². The third-order valence-electron chi connectivity index (χ3n) is 4.84. The van der Waals surface area contributed by atoms with Gasteiger partial charge in [0.15, 0.2) is 5.78 Å². The van der Waals surface area contributed by atoms with Crippen molar-refractivity contribution in [2.75, 3.05) is 0 Å². The molecule has 0 spiro atoms. The summed E-state index contributed by atoms with van der Waals surface area (Å²) in [5.74, 6) is 0.335. The summed E-state index contributed by atoms with van der Waals surface area (Å²) in [4.78, 5) is 12.4. The van der Waals surface area contributed by atoms with Crippen molar-refractivity contribution in [1.82, 2.24) is 4.57 Å². The number of carbonyl (C=O) groups is 1. The Labute approximate surface area is 129 Å². The van der Waals surface area contributed by atoms with Gasteiger partial charge in [-0.2, -0.15) is 0 Å². The largest absolute Gasteiger partial charge is 0.345 e. The summed E-state index contributed by atoms with van der Waals surface area (Å²) in [5, 5.41) is 0. The molecule has 1 heterocycles.